The third-order valence-corrected chi connectivity index (χ3v) is 13.4. The van der Waals surface area contributed by atoms with Crippen LogP contribution in [0, 0.1) is 0 Å². The van der Waals surface area contributed by atoms with Gasteiger partial charge in [-0.3, -0.25) is 9.35 Å². The van der Waals surface area contributed by atoms with Crippen molar-refractivity contribution in [3.63, 3.8) is 0 Å². The van der Waals surface area contributed by atoms with Gasteiger partial charge in [0.1, 0.15) is 24.4 Å². The highest BCUT2D eigenvalue weighted by Crippen LogP contribution is 2.26. The molecule has 0 radical (unpaired) electrons. The summed E-state index contributed by atoms with van der Waals surface area (Å²) in [6, 6.07) is -0.940. The van der Waals surface area contributed by atoms with Gasteiger partial charge in [0.2, 0.25) is 5.91 Å². The number of amides is 1. The molecule has 66 heavy (non-hydrogen) atoms. The lowest BCUT2D eigenvalue weighted by Gasteiger charge is -2.41. The highest BCUT2D eigenvalue weighted by molar-refractivity contribution is 7.80. The van der Waals surface area contributed by atoms with Crippen LogP contribution in [0.2, 0.25) is 0 Å². The molecule has 0 aliphatic carbocycles. The molecule has 1 aliphatic rings. The molecule has 0 spiro atoms. The maximum absolute atomic E-state index is 13.0. The van der Waals surface area contributed by atoms with E-state index in [4.69, 9.17) is 9.47 Å². The van der Waals surface area contributed by atoms with Crippen LogP contribution >= 0.6 is 0 Å². The zero-order valence-electron chi connectivity index (χ0n) is 42.0. The van der Waals surface area contributed by atoms with Crippen LogP contribution in [0.5, 0.6) is 0 Å². The fourth-order valence-electron chi connectivity index (χ4n) is 8.74. The van der Waals surface area contributed by atoms with Crippen molar-refractivity contribution in [2.24, 2.45) is 0 Å². The van der Waals surface area contributed by atoms with Gasteiger partial charge in [-0.25, -0.2) is 4.18 Å². The molecule has 0 aromatic heterocycles. The normalized spacial score (nSPS) is 20.1. The van der Waals surface area contributed by atoms with Crippen molar-refractivity contribution >= 4 is 16.3 Å². The number of unbranched alkanes of at least 4 members (excludes halogenated alkanes) is 33. The molecular weight excluding hydrogens is 859 g/mol. The summed E-state index contributed by atoms with van der Waals surface area (Å²) >= 11 is 0. The lowest BCUT2D eigenvalue weighted by Crippen LogP contribution is -2.61. The summed E-state index contributed by atoms with van der Waals surface area (Å²) in [5, 5.41) is 44.7. The molecule has 7 unspecified atom stereocenters. The third kappa shape index (κ3) is 35.7. The first-order valence-corrected chi connectivity index (χ1v) is 28.6. The zero-order chi connectivity index (χ0) is 48.4. The maximum Gasteiger partial charge on any atom is 0.397 e. The van der Waals surface area contributed by atoms with E-state index in [1.807, 2.05) is 6.08 Å². The van der Waals surface area contributed by atoms with Gasteiger partial charge in [0, 0.05) is 6.42 Å². The van der Waals surface area contributed by atoms with Gasteiger partial charge in [-0.05, 0) is 44.9 Å². The van der Waals surface area contributed by atoms with E-state index in [1.165, 1.54) is 180 Å². The van der Waals surface area contributed by atoms with E-state index in [-0.39, 0.29) is 18.9 Å². The number of aliphatic hydroxyl groups excluding tert-OH is 4. The third-order valence-electron chi connectivity index (χ3n) is 13.0. The summed E-state index contributed by atoms with van der Waals surface area (Å²) in [6.45, 7) is 3.37. The van der Waals surface area contributed by atoms with Crippen LogP contribution in [0.4, 0.5) is 0 Å². The molecule has 1 saturated heterocycles. The Morgan fingerprint density at radius 1 is 0.591 bits per heavy atom. The molecule has 0 bridgehead atoms. The molecule has 1 heterocycles. The van der Waals surface area contributed by atoms with Gasteiger partial charge in [0.05, 0.1) is 25.4 Å². The van der Waals surface area contributed by atoms with Gasteiger partial charge in [-0.15, -0.1) is 0 Å². The molecule has 0 saturated carbocycles. The molecule has 0 aromatic rings. The first kappa shape index (κ1) is 62.6. The van der Waals surface area contributed by atoms with Gasteiger partial charge in [0.15, 0.2) is 6.29 Å². The monoisotopic (exact) mass is 960 g/mol. The Kier molecular flexibility index (Phi) is 41.3. The number of nitrogens with one attached hydrogen (secondary N) is 1. The van der Waals surface area contributed by atoms with Crippen LogP contribution in [0.3, 0.4) is 0 Å². The molecule has 6 N–H and O–H groups in total. The van der Waals surface area contributed by atoms with Crippen LogP contribution in [-0.2, 0) is 28.9 Å². The van der Waals surface area contributed by atoms with Gasteiger partial charge >= 0.3 is 10.4 Å². The standard InChI is InChI=1S/C53H101NO11S/c1-3-5-7-9-11-13-14-15-16-17-18-19-20-21-22-23-24-25-26-27-28-29-30-31-32-33-35-37-39-41-43-49(57)54-46(47(56)42-40-38-36-34-12-10-8-6-4-2)45-63-53-51(59)52(65-66(60,61)62)50(58)48(44-55)64-53/h21-22,40,42,46-48,50-53,55-56,58-59H,3-20,23-39,41,43-45H2,1-2H3,(H,54,57)(H,60,61,62)/b22-21-,42-40+. The quantitative estimate of drug-likeness (QED) is 0.0193. The molecule has 0 aromatic carbocycles. The highest BCUT2D eigenvalue weighted by Gasteiger charge is 2.48. The van der Waals surface area contributed by atoms with E-state index >= 15 is 0 Å². The summed E-state index contributed by atoms with van der Waals surface area (Å²) < 4.78 is 47.6. The minimum absolute atomic E-state index is 0.262. The van der Waals surface area contributed by atoms with Crippen molar-refractivity contribution in [3.05, 3.63) is 24.3 Å². The predicted molar refractivity (Wildman–Crippen MR) is 269 cm³/mol. The Balaban J connectivity index is 2.22. The number of rotatable bonds is 47. The van der Waals surface area contributed by atoms with Crippen molar-refractivity contribution in [1.29, 1.82) is 0 Å². The van der Waals surface area contributed by atoms with E-state index in [9.17, 15) is 38.2 Å². The van der Waals surface area contributed by atoms with Crippen LogP contribution in [0.25, 0.3) is 0 Å². The number of aliphatic hydroxyl groups is 4. The number of hydrogen-bond acceptors (Lipinski definition) is 10. The summed E-state index contributed by atoms with van der Waals surface area (Å²) in [7, 11) is -5.08. The Morgan fingerprint density at radius 2 is 0.970 bits per heavy atom. The highest BCUT2D eigenvalue weighted by atomic mass is 32.3. The summed E-state index contributed by atoms with van der Waals surface area (Å²) in [6.07, 6.45) is 44.1. The zero-order valence-corrected chi connectivity index (χ0v) is 42.8. The SMILES string of the molecule is CCCCCCCCC/C=C/C(O)C(COC1OC(CO)C(O)C(OS(=O)(=O)O)C1O)NC(=O)CCCCCCCCCCCCCCCC/C=C\CCCCCCCCCCCCCC. The second-order valence-electron chi connectivity index (χ2n) is 19.2. The molecule has 1 aliphatic heterocycles. The number of ether oxygens (including phenoxy) is 2. The molecule has 1 amide bonds. The Bertz CT molecular complexity index is 1270. The first-order valence-electron chi connectivity index (χ1n) is 27.2. The smallest absolute Gasteiger partial charge is 0.394 e. The number of allylic oxidation sites excluding steroid dienone is 3. The Morgan fingerprint density at radius 3 is 1.36 bits per heavy atom. The van der Waals surface area contributed by atoms with Gasteiger partial charge in [0.25, 0.3) is 0 Å². The molecule has 1 fully saturated rings. The van der Waals surface area contributed by atoms with E-state index in [0.29, 0.717) is 6.42 Å². The molecule has 7 atom stereocenters. The van der Waals surface area contributed by atoms with Crippen LogP contribution in [-0.4, -0.2) is 95.4 Å². The van der Waals surface area contributed by atoms with E-state index < -0.39 is 59.9 Å². The minimum atomic E-state index is -5.08. The average molecular weight is 960 g/mol. The predicted octanol–water partition coefficient (Wildman–Crippen LogP) is 12.1. The van der Waals surface area contributed by atoms with Gasteiger partial charge < -0.3 is 35.2 Å². The fourth-order valence-corrected chi connectivity index (χ4v) is 9.25. The first-order chi connectivity index (χ1) is 32.0. The number of carbonyl (C=O) groups excluding carboxylic acids is 1. The van der Waals surface area contributed by atoms with E-state index in [1.54, 1.807) is 6.08 Å². The van der Waals surface area contributed by atoms with Gasteiger partial charge in [-0.2, -0.15) is 8.42 Å². The maximum atomic E-state index is 13.0. The average Bonchev–Trinajstić information content (AvgIpc) is 3.29. The summed E-state index contributed by atoms with van der Waals surface area (Å²) in [5.41, 5.74) is 0. The lowest BCUT2D eigenvalue weighted by atomic mass is 9.99. The Hall–Kier alpha value is -1.42. The lowest BCUT2D eigenvalue weighted by molar-refractivity contribution is -0.298. The summed E-state index contributed by atoms with van der Waals surface area (Å²) in [5.74, 6) is -0.262. The fraction of sp³-hybridized carbons (Fsp3) is 0.906. The van der Waals surface area contributed by atoms with Crippen molar-refractivity contribution < 1.29 is 51.8 Å². The number of carbonyl (C=O) groups is 1. The van der Waals surface area contributed by atoms with Crippen molar-refractivity contribution in [3.8, 4) is 0 Å². The summed E-state index contributed by atoms with van der Waals surface area (Å²) in [4.78, 5) is 13.0. The van der Waals surface area contributed by atoms with Crippen molar-refractivity contribution in [1.82, 2.24) is 5.32 Å². The van der Waals surface area contributed by atoms with E-state index in [0.717, 1.165) is 44.9 Å². The topological polar surface area (TPSA) is 192 Å². The second-order valence-corrected chi connectivity index (χ2v) is 20.2. The van der Waals surface area contributed by atoms with Crippen LogP contribution in [0.15, 0.2) is 24.3 Å². The molecule has 1 rings (SSSR count). The van der Waals surface area contributed by atoms with Crippen LogP contribution < -0.4 is 5.32 Å². The minimum Gasteiger partial charge on any atom is -0.394 e. The molecule has 12 nitrogen and oxygen atoms in total. The molecule has 390 valence electrons. The van der Waals surface area contributed by atoms with Gasteiger partial charge in [-0.1, -0.05) is 224 Å². The Labute approximate surface area is 403 Å². The molecular formula is C53H101NO11S. The molecule has 13 heteroatoms. The number of hydrogen-bond donors (Lipinski definition) is 6. The largest absolute Gasteiger partial charge is 0.397 e. The van der Waals surface area contributed by atoms with E-state index in [2.05, 4.69) is 35.5 Å². The van der Waals surface area contributed by atoms with Crippen LogP contribution in [0.1, 0.15) is 251 Å². The van der Waals surface area contributed by atoms with Crippen molar-refractivity contribution in [2.75, 3.05) is 13.2 Å². The van der Waals surface area contributed by atoms with Crippen molar-refractivity contribution in [2.45, 2.75) is 294 Å². The second kappa shape index (κ2) is 43.6.